The minimum absolute atomic E-state index is 0.0289. The number of amides is 1. The summed E-state index contributed by atoms with van der Waals surface area (Å²) >= 11 is 4.62. The second kappa shape index (κ2) is 4.19. The molecule has 0 N–H and O–H groups in total. The predicted octanol–water partition coefficient (Wildman–Crippen LogP) is 1.29. The van der Waals surface area contributed by atoms with E-state index in [2.05, 4.69) is 25.2 Å². The van der Waals surface area contributed by atoms with Crippen LogP contribution in [0.3, 0.4) is 0 Å². The maximum absolute atomic E-state index is 11.9. The summed E-state index contributed by atoms with van der Waals surface area (Å²) in [6.45, 7) is 1.60. The molecule has 0 spiro atoms. The van der Waals surface area contributed by atoms with Crippen molar-refractivity contribution >= 4 is 33.4 Å². The fourth-order valence-corrected chi connectivity index (χ4v) is 2.63. The largest absolute Gasteiger partial charge is 0.334 e. The normalized spacial score (nSPS) is 16.9. The molecule has 1 fully saturated rings. The lowest BCUT2D eigenvalue weighted by molar-refractivity contribution is 0.0394. The van der Waals surface area contributed by atoms with Crippen LogP contribution in [-0.2, 0) is 0 Å². The minimum Gasteiger partial charge on any atom is -0.334 e. The summed E-state index contributed by atoms with van der Waals surface area (Å²) in [5.41, 5.74) is 0.539. The molecule has 2 heterocycles. The summed E-state index contributed by atoms with van der Waals surface area (Å²) in [5.74, 6) is 0.0289. The van der Waals surface area contributed by atoms with Crippen molar-refractivity contribution in [1.82, 2.24) is 14.2 Å². The van der Waals surface area contributed by atoms with Crippen molar-refractivity contribution < 1.29 is 4.79 Å². The number of hydrogen-bond acceptors (Lipinski definition) is 4. The van der Waals surface area contributed by atoms with E-state index in [0.717, 1.165) is 17.6 Å². The Hall–Kier alpha value is -0.460. The smallest absolute Gasteiger partial charge is 0.274 e. The second-order valence-electron chi connectivity index (χ2n) is 3.84. The van der Waals surface area contributed by atoms with E-state index in [1.807, 2.05) is 24.4 Å². The average Bonchev–Trinajstić information content (AvgIpc) is 2.47. The molecular weight excluding hydrogens is 278 g/mol. The molecular formula is C9H12BrN3OS. The van der Waals surface area contributed by atoms with E-state index in [4.69, 9.17) is 0 Å². The van der Waals surface area contributed by atoms with Gasteiger partial charge in [-0.05, 0) is 41.6 Å². The average molecular weight is 290 g/mol. The van der Waals surface area contributed by atoms with Gasteiger partial charge in [0.05, 0.1) is 4.47 Å². The standard InChI is InChI=1S/C9H12BrN3OS/c1-12(2)6-3-13(4-6)9(14)8-7(10)5-15-11-8/h5-6H,3-4H2,1-2H3. The summed E-state index contributed by atoms with van der Waals surface area (Å²) in [6, 6.07) is 0.492. The molecule has 1 saturated heterocycles. The predicted molar refractivity (Wildman–Crippen MR) is 63.2 cm³/mol. The maximum Gasteiger partial charge on any atom is 0.274 e. The van der Waals surface area contributed by atoms with Crippen molar-refractivity contribution in [2.75, 3.05) is 27.2 Å². The Labute approximate surface area is 101 Å². The maximum atomic E-state index is 11.9. The van der Waals surface area contributed by atoms with Crippen molar-refractivity contribution in [3.05, 3.63) is 15.5 Å². The molecule has 1 aromatic rings. The summed E-state index contributed by atoms with van der Waals surface area (Å²) in [4.78, 5) is 15.9. The highest BCUT2D eigenvalue weighted by molar-refractivity contribution is 9.10. The molecule has 1 aliphatic heterocycles. The van der Waals surface area contributed by atoms with Gasteiger partial charge in [0, 0.05) is 24.5 Å². The Morgan fingerprint density at radius 2 is 2.33 bits per heavy atom. The van der Waals surface area contributed by atoms with Gasteiger partial charge in [-0.2, -0.15) is 4.37 Å². The van der Waals surface area contributed by atoms with Crippen LogP contribution in [0, 0.1) is 0 Å². The first-order valence-corrected chi connectivity index (χ1v) is 6.28. The van der Waals surface area contributed by atoms with Gasteiger partial charge in [-0.1, -0.05) is 0 Å². The summed E-state index contributed by atoms with van der Waals surface area (Å²) in [6.07, 6.45) is 0. The third-order valence-corrected chi connectivity index (χ3v) is 4.15. The molecule has 15 heavy (non-hydrogen) atoms. The third-order valence-electron chi connectivity index (χ3n) is 2.61. The highest BCUT2D eigenvalue weighted by Crippen LogP contribution is 2.22. The fraction of sp³-hybridized carbons (Fsp3) is 0.556. The Bertz CT molecular complexity index is 373. The molecule has 2 rings (SSSR count). The molecule has 6 heteroatoms. The number of likely N-dealkylation sites (N-methyl/N-ethyl adjacent to an activating group) is 1. The SMILES string of the molecule is CN(C)C1CN(C(=O)c2nscc2Br)C1. The molecule has 0 atom stereocenters. The number of hydrogen-bond donors (Lipinski definition) is 0. The van der Waals surface area contributed by atoms with Crippen LogP contribution in [-0.4, -0.2) is 53.3 Å². The zero-order valence-corrected chi connectivity index (χ0v) is 11.0. The first kappa shape index (κ1) is 11.0. The Balaban J connectivity index is 1.98. The first-order valence-electron chi connectivity index (χ1n) is 4.65. The molecule has 1 aliphatic rings. The van der Waals surface area contributed by atoms with Gasteiger partial charge in [-0.3, -0.25) is 4.79 Å². The first-order chi connectivity index (χ1) is 7.09. The van der Waals surface area contributed by atoms with Crippen LogP contribution in [0.2, 0.25) is 0 Å². The number of halogens is 1. The lowest BCUT2D eigenvalue weighted by Crippen LogP contribution is -2.59. The Kier molecular flexibility index (Phi) is 3.08. The third kappa shape index (κ3) is 2.07. The van der Waals surface area contributed by atoms with Gasteiger partial charge in [0.2, 0.25) is 0 Å². The van der Waals surface area contributed by atoms with Crippen LogP contribution in [0.4, 0.5) is 0 Å². The van der Waals surface area contributed by atoms with Gasteiger partial charge in [-0.25, -0.2) is 0 Å². The summed E-state index contributed by atoms with van der Waals surface area (Å²) in [5, 5.41) is 1.83. The zero-order chi connectivity index (χ0) is 11.0. The lowest BCUT2D eigenvalue weighted by Gasteiger charge is -2.42. The monoisotopic (exact) mass is 289 g/mol. The fourth-order valence-electron chi connectivity index (χ4n) is 1.46. The van der Waals surface area contributed by atoms with Gasteiger partial charge in [-0.15, -0.1) is 0 Å². The van der Waals surface area contributed by atoms with E-state index in [1.54, 1.807) is 0 Å². The number of aromatic nitrogens is 1. The highest BCUT2D eigenvalue weighted by Gasteiger charge is 2.33. The zero-order valence-electron chi connectivity index (χ0n) is 8.61. The highest BCUT2D eigenvalue weighted by atomic mass is 79.9. The van der Waals surface area contributed by atoms with Crippen LogP contribution in [0.25, 0.3) is 0 Å². The van der Waals surface area contributed by atoms with Gasteiger partial charge in [0.1, 0.15) is 0 Å². The minimum atomic E-state index is 0.0289. The molecule has 4 nitrogen and oxygen atoms in total. The van der Waals surface area contributed by atoms with Crippen LogP contribution in [0.5, 0.6) is 0 Å². The number of likely N-dealkylation sites (tertiary alicyclic amines) is 1. The van der Waals surface area contributed by atoms with Crippen molar-refractivity contribution in [2.24, 2.45) is 0 Å². The van der Waals surface area contributed by atoms with E-state index in [9.17, 15) is 4.79 Å². The van der Waals surface area contributed by atoms with Crippen LogP contribution in [0.1, 0.15) is 10.5 Å². The van der Waals surface area contributed by atoms with E-state index >= 15 is 0 Å². The van der Waals surface area contributed by atoms with Crippen molar-refractivity contribution in [3.8, 4) is 0 Å². The van der Waals surface area contributed by atoms with Gasteiger partial charge in [0.25, 0.3) is 5.91 Å². The van der Waals surface area contributed by atoms with Crippen molar-refractivity contribution in [1.29, 1.82) is 0 Å². The molecule has 0 aliphatic carbocycles. The lowest BCUT2D eigenvalue weighted by atomic mass is 10.1. The molecule has 82 valence electrons. The van der Waals surface area contributed by atoms with Gasteiger partial charge >= 0.3 is 0 Å². The second-order valence-corrected chi connectivity index (χ2v) is 5.32. The quantitative estimate of drug-likeness (QED) is 0.823. The van der Waals surface area contributed by atoms with Crippen molar-refractivity contribution in [2.45, 2.75) is 6.04 Å². The Morgan fingerprint density at radius 3 is 2.80 bits per heavy atom. The summed E-state index contributed by atoms with van der Waals surface area (Å²) < 4.78 is 4.88. The molecule has 0 bridgehead atoms. The molecule has 1 aromatic heterocycles. The number of carbonyl (C=O) groups excluding carboxylic acids is 1. The van der Waals surface area contributed by atoms with Crippen LogP contribution < -0.4 is 0 Å². The van der Waals surface area contributed by atoms with E-state index < -0.39 is 0 Å². The number of rotatable bonds is 2. The van der Waals surface area contributed by atoms with E-state index in [-0.39, 0.29) is 5.91 Å². The number of carbonyl (C=O) groups is 1. The van der Waals surface area contributed by atoms with Gasteiger partial charge in [0.15, 0.2) is 5.69 Å². The molecule has 0 saturated carbocycles. The Morgan fingerprint density at radius 1 is 1.67 bits per heavy atom. The number of nitrogens with zero attached hydrogens (tertiary/aromatic N) is 3. The molecule has 0 unspecified atom stereocenters. The topological polar surface area (TPSA) is 36.4 Å². The van der Waals surface area contributed by atoms with Crippen molar-refractivity contribution in [3.63, 3.8) is 0 Å². The summed E-state index contributed by atoms with van der Waals surface area (Å²) in [7, 11) is 4.07. The van der Waals surface area contributed by atoms with E-state index in [1.165, 1.54) is 11.5 Å². The van der Waals surface area contributed by atoms with Crippen LogP contribution >= 0.6 is 27.5 Å². The molecule has 0 aromatic carbocycles. The van der Waals surface area contributed by atoms with Crippen LogP contribution in [0.15, 0.2) is 9.85 Å². The van der Waals surface area contributed by atoms with E-state index in [0.29, 0.717) is 11.7 Å². The van der Waals surface area contributed by atoms with Gasteiger partial charge < -0.3 is 9.80 Å². The molecule has 0 radical (unpaired) electrons. The molecule has 1 amide bonds.